The Morgan fingerprint density at radius 3 is 2.77 bits per heavy atom. The Kier molecular flexibility index (Phi) is 6.15. The molecule has 0 radical (unpaired) electrons. The molecule has 2 atom stereocenters. The molecule has 1 fully saturated rings. The normalized spacial score (nSPS) is 20.3. The highest BCUT2D eigenvalue weighted by molar-refractivity contribution is 5.80. The molecule has 1 saturated heterocycles. The molecule has 0 bridgehead atoms. The van der Waals surface area contributed by atoms with E-state index in [4.69, 9.17) is 4.74 Å². The molecule has 122 valence electrons. The Bertz CT molecular complexity index is 493. The molecule has 5 nitrogen and oxygen atoms in total. The lowest BCUT2D eigenvalue weighted by molar-refractivity contribution is 0.110. The van der Waals surface area contributed by atoms with Gasteiger partial charge < -0.3 is 20.1 Å². The summed E-state index contributed by atoms with van der Waals surface area (Å²) in [6.45, 7) is 4.60. The maximum atomic E-state index is 13.0. The van der Waals surface area contributed by atoms with Crippen LogP contribution in [0.5, 0.6) is 0 Å². The molecule has 0 aliphatic carbocycles. The number of methoxy groups -OCH3 is 1. The summed E-state index contributed by atoms with van der Waals surface area (Å²) in [5.74, 6) is 0.518. The van der Waals surface area contributed by atoms with Gasteiger partial charge in [0.2, 0.25) is 0 Å². The highest BCUT2D eigenvalue weighted by Crippen LogP contribution is 2.18. The first kappa shape index (κ1) is 16.7. The third-order valence-corrected chi connectivity index (χ3v) is 3.73. The predicted octanol–water partition coefficient (Wildman–Crippen LogP) is 1.55. The van der Waals surface area contributed by atoms with E-state index < -0.39 is 0 Å². The van der Waals surface area contributed by atoms with Crippen molar-refractivity contribution < 1.29 is 14.2 Å². The standard InChI is InChI=1S/C16H24FN3O2/c1-3-18-16(20-9-8-14(21)11-20)19-10-15(22-2)12-4-6-13(17)7-5-12/h4-7,14-15,21H,3,8-11H2,1-2H3,(H,18,19)/t14-,15?/m1/s1. The van der Waals surface area contributed by atoms with Gasteiger partial charge in [-0.3, -0.25) is 4.99 Å². The summed E-state index contributed by atoms with van der Waals surface area (Å²) < 4.78 is 18.5. The van der Waals surface area contributed by atoms with Gasteiger partial charge in [0.1, 0.15) is 11.9 Å². The summed E-state index contributed by atoms with van der Waals surface area (Å²) in [6, 6.07) is 6.28. The number of nitrogens with one attached hydrogen (secondary N) is 1. The Labute approximate surface area is 130 Å². The van der Waals surface area contributed by atoms with Crippen LogP contribution in [0.2, 0.25) is 0 Å². The van der Waals surface area contributed by atoms with E-state index in [1.807, 2.05) is 11.8 Å². The minimum Gasteiger partial charge on any atom is -0.391 e. The monoisotopic (exact) mass is 309 g/mol. The van der Waals surface area contributed by atoms with E-state index in [0.29, 0.717) is 13.1 Å². The molecule has 1 unspecified atom stereocenters. The lowest BCUT2D eigenvalue weighted by Crippen LogP contribution is -2.40. The van der Waals surface area contributed by atoms with Crippen molar-refractivity contribution in [3.05, 3.63) is 35.6 Å². The number of hydrogen-bond donors (Lipinski definition) is 2. The molecule has 0 saturated carbocycles. The molecule has 1 aliphatic heterocycles. The average molecular weight is 309 g/mol. The molecule has 6 heteroatoms. The zero-order chi connectivity index (χ0) is 15.9. The zero-order valence-electron chi connectivity index (χ0n) is 13.1. The van der Waals surface area contributed by atoms with Gasteiger partial charge in [-0.25, -0.2) is 4.39 Å². The van der Waals surface area contributed by atoms with Gasteiger partial charge in [-0.05, 0) is 31.0 Å². The number of rotatable bonds is 5. The van der Waals surface area contributed by atoms with Crippen molar-refractivity contribution in [2.75, 3.05) is 33.3 Å². The smallest absolute Gasteiger partial charge is 0.194 e. The van der Waals surface area contributed by atoms with Gasteiger partial charge in [0, 0.05) is 26.7 Å². The van der Waals surface area contributed by atoms with E-state index in [2.05, 4.69) is 10.3 Å². The maximum Gasteiger partial charge on any atom is 0.194 e. The molecule has 22 heavy (non-hydrogen) atoms. The van der Waals surface area contributed by atoms with E-state index >= 15 is 0 Å². The molecule has 0 amide bonds. The number of β-amino-alcohol motifs (C(OH)–C–C–N with tert-alkyl or cyclic N) is 1. The largest absolute Gasteiger partial charge is 0.391 e. The average Bonchev–Trinajstić information content (AvgIpc) is 2.95. The van der Waals surface area contributed by atoms with Crippen LogP contribution in [0.25, 0.3) is 0 Å². The van der Waals surface area contributed by atoms with Crippen molar-refractivity contribution in [1.82, 2.24) is 10.2 Å². The summed E-state index contributed by atoms with van der Waals surface area (Å²) in [6.07, 6.45) is 0.247. The molecular formula is C16H24FN3O2. The fraction of sp³-hybridized carbons (Fsp3) is 0.562. The highest BCUT2D eigenvalue weighted by atomic mass is 19.1. The summed E-state index contributed by atoms with van der Waals surface area (Å²) in [5.41, 5.74) is 0.893. The number of ether oxygens (including phenoxy) is 1. The topological polar surface area (TPSA) is 57.1 Å². The van der Waals surface area contributed by atoms with Crippen LogP contribution in [0, 0.1) is 5.82 Å². The van der Waals surface area contributed by atoms with Crippen molar-refractivity contribution in [3.8, 4) is 0 Å². The van der Waals surface area contributed by atoms with Gasteiger partial charge >= 0.3 is 0 Å². The van der Waals surface area contributed by atoms with Crippen LogP contribution in [0.4, 0.5) is 4.39 Å². The molecule has 0 aromatic heterocycles. The van der Waals surface area contributed by atoms with Crippen molar-refractivity contribution >= 4 is 5.96 Å². The van der Waals surface area contributed by atoms with Crippen LogP contribution in [0.15, 0.2) is 29.3 Å². The number of aliphatic imine (C=N–C) groups is 1. The van der Waals surface area contributed by atoms with Crippen LogP contribution >= 0.6 is 0 Å². The SMILES string of the molecule is CCNC(=NCC(OC)c1ccc(F)cc1)N1CC[C@@H](O)C1. The molecule has 1 aromatic rings. The van der Waals surface area contributed by atoms with Crippen molar-refractivity contribution in [2.45, 2.75) is 25.6 Å². The van der Waals surface area contributed by atoms with Gasteiger partial charge in [-0.2, -0.15) is 0 Å². The van der Waals surface area contributed by atoms with Crippen molar-refractivity contribution in [2.24, 2.45) is 4.99 Å². The molecule has 1 aliphatic rings. The molecule has 2 rings (SSSR count). The van der Waals surface area contributed by atoms with Gasteiger partial charge in [0.15, 0.2) is 5.96 Å². The molecule has 0 spiro atoms. The van der Waals surface area contributed by atoms with Crippen LogP contribution in [-0.4, -0.2) is 55.4 Å². The van der Waals surface area contributed by atoms with E-state index in [1.165, 1.54) is 12.1 Å². The summed E-state index contributed by atoms with van der Waals surface area (Å²) in [4.78, 5) is 6.65. The highest BCUT2D eigenvalue weighted by Gasteiger charge is 2.23. The number of halogens is 1. The first-order chi connectivity index (χ1) is 10.6. The minimum atomic E-state index is -0.292. The van der Waals surface area contributed by atoms with Crippen molar-refractivity contribution in [3.63, 3.8) is 0 Å². The molecule has 1 aromatic carbocycles. The predicted molar refractivity (Wildman–Crippen MR) is 84.3 cm³/mol. The van der Waals surface area contributed by atoms with Gasteiger partial charge in [-0.1, -0.05) is 12.1 Å². The minimum absolute atomic E-state index is 0.221. The van der Waals surface area contributed by atoms with E-state index in [9.17, 15) is 9.50 Å². The molecular weight excluding hydrogens is 285 g/mol. The number of benzene rings is 1. The number of aliphatic hydroxyl groups excluding tert-OH is 1. The van der Waals surface area contributed by atoms with Gasteiger partial charge in [0.05, 0.1) is 12.6 Å². The number of likely N-dealkylation sites (tertiary alicyclic amines) is 1. The van der Waals surface area contributed by atoms with Crippen LogP contribution in [0.3, 0.4) is 0 Å². The van der Waals surface area contributed by atoms with Gasteiger partial charge in [0.25, 0.3) is 0 Å². The van der Waals surface area contributed by atoms with Crippen LogP contribution < -0.4 is 5.32 Å². The summed E-state index contributed by atoms with van der Waals surface area (Å²) in [7, 11) is 1.62. The van der Waals surface area contributed by atoms with Crippen molar-refractivity contribution in [1.29, 1.82) is 0 Å². The number of aliphatic hydroxyl groups is 1. The molecule has 2 N–H and O–H groups in total. The Balaban J connectivity index is 2.05. The Hall–Kier alpha value is -1.66. The number of hydrogen-bond acceptors (Lipinski definition) is 3. The second kappa shape index (κ2) is 8.10. The third-order valence-electron chi connectivity index (χ3n) is 3.73. The lowest BCUT2D eigenvalue weighted by Gasteiger charge is -2.22. The third kappa shape index (κ3) is 4.42. The first-order valence-electron chi connectivity index (χ1n) is 7.63. The first-order valence-corrected chi connectivity index (χ1v) is 7.63. The van der Waals surface area contributed by atoms with E-state index in [1.54, 1.807) is 19.2 Å². The Morgan fingerprint density at radius 2 is 2.23 bits per heavy atom. The summed E-state index contributed by atoms with van der Waals surface area (Å²) >= 11 is 0. The molecule has 1 heterocycles. The van der Waals surface area contributed by atoms with E-state index in [-0.39, 0.29) is 18.0 Å². The lowest BCUT2D eigenvalue weighted by atomic mass is 10.1. The number of nitrogens with zero attached hydrogens (tertiary/aromatic N) is 2. The van der Waals surface area contributed by atoms with Gasteiger partial charge in [-0.15, -0.1) is 0 Å². The maximum absolute atomic E-state index is 13.0. The Morgan fingerprint density at radius 1 is 1.50 bits per heavy atom. The van der Waals surface area contributed by atoms with Crippen LogP contribution in [0.1, 0.15) is 25.0 Å². The van der Waals surface area contributed by atoms with E-state index in [0.717, 1.165) is 31.0 Å². The number of guanidine groups is 1. The summed E-state index contributed by atoms with van der Waals surface area (Å²) in [5, 5.41) is 12.9. The quantitative estimate of drug-likeness (QED) is 0.640. The zero-order valence-corrected chi connectivity index (χ0v) is 13.1. The fourth-order valence-corrected chi connectivity index (χ4v) is 2.52. The second-order valence-electron chi connectivity index (χ2n) is 5.36. The second-order valence-corrected chi connectivity index (χ2v) is 5.36. The fourth-order valence-electron chi connectivity index (χ4n) is 2.52. The van der Waals surface area contributed by atoms with Crippen LogP contribution in [-0.2, 0) is 4.74 Å².